The topological polar surface area (TPSA) is 102 Å². The molecule has 0 saturated heterocycles. The van der Waals surface area contributed by atoms with Crippen molar-refractivity contribution in [3.8, 4) is 28.6 Å². The predicted octanol–water partition coefficient (Wildman–Crippen LogP) is 6.78. The van der Waals surface area contributed by atoms with Crippen LogP contribution in [0.1, 0.15) is 21.8 Å². The number of carbonyl (C=O) groups is 1. The Bertz CT molecular complexity index is 1520. The highest BCUT2D eigenvalue weighted by molar-refractivity contribution is 6.37. The minimum atomic E-state index is -0.465. The summed E-state index contributed by atoms with van der Waals surface area (Å²) in [6.45, 7) is 0.539. The van der Waals surface area contributed by atoms with Crippen LogP contribution in [-0.2, 0) is 13.1 Å². The van der Waals surface area contributed by atoms with Crippen LogP contribution in [0, 0.1) is 0 Å². The number of carbonyl (C=O) groups excluding carboxylic acids is 1. The zero-order valence-electron chi connectivity index (χ0n) is 19.8. The molecule has 0 unspecified atom stereocenters. The molecule has 38 heavy (non-hydrogen) atoms. The Morgan fingerprint density at radius 3 is 2.26 bits per heavy atom. The summed E-state index contributed by atoms with van der Waals surface area (Å²) >= 11 is 12.0. The van der Waals surface area contributed by atoms with Gasteiger partial charge in [0.25, 0.3) is 0 Å². The Morgan fingerprint density at radius 2 is 1.58 bits per heavy atom. The van der Waals surface area contributed by atoms with Gasteiger partial charge < -0.3 is 19.3 Å². The van der Waals surface area contributed by atoms with Crippen molar-refractivity contribution in [2.24, 2.45) is 0 Å². The number of halogens is 2. The summed E-state index contributed by atoms with van der Waals surface area (Å²) in [6, 6.07) is 23.5. The smallest absolute Gasteiger partial charge is 0.316 e. The number of pyridine rings is 1. The maximum absolute atomic E-state index is 13.5. The number of benzene rings is 3. The van der Waals surface area contributed by atoms with Crippen molar-refractivity contribution < 1.29 is 19.2 Å². The first-order valence-electron chi connectivity index (χ1n) is 11.5. The van der Waals surface area contributed by atoms with Crippen LogP contribution in [-0.4, -0.2) is 31.0 Å². The summed E-state index contributed by atoms with van der Waals surface area (Å²) in [7, 11) is 0. The average Bonchev–Trinajstić information content (AvgIpc) is 3.43. The second kappa shape index (κ2) is 11.3. The van der Waals surface area contributed by atoms with Gasteiger partial charge in [-0.3, -0.25) is 9.78 Å². The minimum Gasteiger partial charge on any atom is -0.505 e. The predicted molar refractivity (Wildman–Crippen MR) is 142 cm³/mol. The van der Waals surface area contributed by atoms with E-state index in [-0.39, 0.29) is 40.6 Å². The fourth-order valence-corrected chi connectivity index (χ4v) is 4.16. The third-order valence-electron chi connectivity index (χ3n) is 5.54. The number of phenols is 1. The largest absolute Gasteiger partial charge is 0.505 e. The van der Waals surface area contributed by atoms with Crippen molar-refractivity contribution in [1.82, 2.24) is 20.0 Å². The summed E-state index contributed by atoms with van der Waals surface area (Å²) in [5, 5.41) is 13.8. The van der Waals surface area contributed by atoms with Gasteiger partial charge in [-0.05, 0) is 53.6 Å². The molecule has 2 aromatic heterocycles. The molecule has 0 spiro atoms. The highest BCUT2D eigenvalue weighted by Crippen LogP contribution is 2.35. The average molecular weight is 547 g/mol. The zero-order chi connectivity index (χ0) is 26.5. The number of rotatable bonds is 8. The second-order valence-corrected chi connectivity index (χ2v) is 9.11. The van der Waals surface area contributed by atoms with Gasteiger partial charge >= 0.3 is 11.8 Å². The van der Waals surface area contributed by atoms with E-state index in [4.69, 9.17) is 32.5 Å². The molecule has 0 saturated carbocycles. The van der Waals surface area contributed by atoms with Crippen molar-refractivity contribution >= 4 is 29.1 Å². The maximum Gasteiger partial charge on any atom is 0.316 e. The molecule has 8 nitrogen and oxygen atoms in total. The van der Waals surface area contributed by atoms with Gasteiger partial charge in [-0.15, -0.1) is 0 Å². The van der Waals surface area contributed by atoms with E-state index in [9.17, 15) is 9.90 Å². The number of phenolic OH excluding ortho intramolecular Hbond substituents is 1. The van der Waals surface area contributed by atoms with E-state index in [0.29, 0.717) is 11.3 Å². The molecular formula is C28H20Cl2N4O4. The van der Waals surface area contributed by atoms with Gasteiger partial charge in [0.2, 0.25) is 5.82 Å². The number of hydrogen-bond acceptors (Lipinski definition) is 7. The molecule has 0 aliphatic heterocycles. The van der Waals surface area contributed by atoms with E-state index in [1.54, 1.807) is 23.4 Å². The van der Waals surface area contributed by atoms with Crippen molar-refractivity contribution in [2.45, 2.75) is 13.1 Å². The lowest BCUT2D eigenvalue weighted by atomic mass is 10.1. The molecule has 5 aromatic rings. The highest BCUT2D eigenvalue weighted by Gasteiger charge is 2.24. The molecule has 3 aromatic carbocycles. The Kier molecular flexibility index (Phi) is 7.53. The van der Waals surface area contributed by atoms with Crippen molar-refractivity contribution in [3.05, 3.63) is 118 Å². The molecule has 10 heteroatoms. The van der Waals surface area contributed by atoms with Crippen molar-refractivity contribution in [1.29, 1.82) is 0 Å². The first-order chi connectivity index (χ1) is 18.5. The fourth-order valence-electron chi connectivity index (χ4n) is 3.68. The van der Waals surface area contributed by atoms with Gasteiger partial charge in [0.1, 0.15) is 11.5 Å². The van der Waals surface area contributed by atoms with Gasteiger partial charge in [0.15, 0.2) is 5.75 Å². The van der Waals surface area contributed by atoms with E-state index >= 15 is 0 Å². The fraction of sp³-hybridized carbons (Fsp3) is 0.0714. The van der Waals surface area contributed by atoms with Gasteiger partial charge in [-0.2, -0.15) is 4.98 Å². The van der Waals surface area contributed by atoms with Crippen LogP contribution in [0.3, 0.4) is 0 Å². The Morgan fingerprint density at radius 1 is 0.895 bits per heavy atom. The van der Waals surface area contributed by atoms with Gasteiger partial charge in [-0.1, -0.05) is 64.8 Å². The Balaban J connectivity index is 1.37. The van der Waals surface area contributed by atoms with Crippen LogP contribution >= 0.6 is 23.2 Å². The normalized spacial score (nSPS) is 10.8. The summed E-state index contributed by atoms with van der Waals surface area (Å²) in [5.74, 6) is 0.608. The number of ether oxygens (including phenoxy) is 1. The van der Waals surface area contributed by atoms with E-state index in [1.165, 1.54) is 12.1 Å². The lowest BCUT2D eigenvalue weighted by molar-refractivity contribution is 0.0679. The summed E-state index contributed by atoms with van der Waals surface area (Å²) < 4.78 is 11.2. The van der Waals surface area contributed by atoms with Crippen LogP contribution in [0.15, 0.2) is 95.8 Å². The molecule has 1 N–H and O–H groups in total. The maximum atomic E-state index is 13.5. The number of amides is 1. The van der Waals surface area contributed by atoms with E-state index in [0.717, 1.165) is 16.9 Å². The number of aromatic hydroxyl groups is 1. The lowest BCUT2D eigenvalue weighted by Gasteiger charge is -2.21. The van der Waals surface area contributed by atoms with E-state index in [1.807, 2.05) is 60.7 Å². The van der Waals surface area contributed by atoms with Gasteiger partial charge in [0, 0.05) is 31.0 Å². The van der Waals surface area contributed by atoms with Gasteiger partial charge in [-0.25, -0.2) is 0 Å². The summed E-state index contributed by atoms with van der Waals surface area (Å²) in [5.41, 5.74) is 2.11. The first kappa shape index (κ1) is 25.3. The van der Waals surface area contributed by atoms with Gasteiger partial charge in [0.05, 0.1) is 10.0 Å². The van der Waals surface area contributed by atoms with Crippen LogP contribution < -0.4 is 4.74 Å². The SMILES string of the molecule is O=C(c1nc(-c2cc(Cl)c(O)c(Cl)c2)no1)N(Cc1ccc(Oc2ccccc2)cc1)Cc1cccnc1. The molecule has 0 aliphatic carbocycles. The second-order valence-electron chi connectivity index (χ2n) is 8.29. The molecule has 0 bridgehead atoms. The minimum absolute atomic E-state index is 0.0306. The number of para-hydroxylation sites is 1. The highest BCUT2D eigenvalue weighted by atomic mass is 35.5. The number of nitrogens with zero attached hydrogens (tertiary/aromatic N) is 4. The molecular weight excluding hydrogens is 527 g/mol. The third kappa shape index (κ3) is 5.94. The summed E-state index contributed by atoms with van der Waals surface area (Å²) in [4.78, 5) is 23.5. The molecule has 1 amide bonds. The molecule has 0 aliphatic rings. The zero-order valence-corrected chi connectivity index (χ0v) is 21.3. The molecule has 2 heterocycles. The van der Waals surface area contributed by atoms with Crippen LogP contribution in [0.5, 0.6) is 17.2 Å². The van der Waals surface area contributed by atoms with E-state index in [2.05, 4.69) is 15.1 Å². The van der Waals surface area contributed by atoms with E-state index < -0.39 is 5.91 Å². The first-order valence-corrected chi connectivity index (χ1v) is 12.2. The van der Waals surface area contributed by atoms with Crippen LogP contribution in [0.2, 0.25) is 10.0 Å². The quantitative estimate of drug-likeness (QED) is 0.229. The molecule has 190 valence electrons. The van der Waals surface area contributed by atoms with Crippen molar-refractivity contribution in [3.63, 3.8) is 0 Å². The van der Waals surface area contributed by atoms with Crippen LogP contribution in [0.25, 0.3) is 11.4 Å². The number of hydrogen-bond donors (Lipinski definition) is 1. The molecule has 0 fully saturated rings. The number of aromatic nitrogens is 3. The lowest BCUT2D eigenvalue weighted by Crippen LogP contribution is -2.30. The third-order valence-corrected chi connectivity index (χ3v) is 6.12. The molecule has 0 atom stereocenters. The van der Waals surface area contributed by atoms with Crippen molar-refractivity contribution in [2.75, 3.05) is 0 Å². The molecule has 5 rings (SSSR count). The Labute approximate surface area is 228 Å². The van der Waals surface area contributed by atoms with Crippen LogP contribution in [0.4, 0.5) is 0 Å². The monoisotopic (exact) mass is 546 g/mol. The standard InChI is InChI=1S/C28H20Cl2N4O4/c29-23-13-20(14-24(30)25(23)35)26-32-27(38-33-26)28(36)34(17-19-5-4-12-31-15-19)16-18-8-10-22(11-9-18)37-21-6-2-1-3-7-21/h1-15,35H,16-17H2. The summed E-state index contributed by atoms with van der Waals surface area (Å²) in [6.07, 6.45) is 3.36. The molecule has 0 radical (unpaired) electrons. The Hall–Kier alpha value is -4.40.